The first-order valence-electron chi connectivity index (χ1n) is 9.12. The van der Waals surface area contributed by atoms with Gasteiger partial charge in [-0.3, -0.25) is 14.8 Å². The van der Waals surface area contributed by atoms with E-state index >= 15 is 0 Å². The number of nitrogens with one attached hydrogen (secondary N) is 2. The molecule has 8 nitrogen and oxygen atoms in total. The lowest BCUT2D eigenvalue weighted by Crippen LogP contribution is -2.26. The number of hydrogen-bond acceptors (Lipinski definition) is 7. The second-order valence-electron chi connectivity index (χ2n) is 6.69. The van der Waals surface area contributed by atoms with Crippen molar-refractivity contribution in [1.29, 1.82) is 0 Å². The van der Waals surface area contributed by atoms with Crippen LogP contribution in [0.25, 0.3) is 11.4 Å². The van der Waals surface area contributed by atoms with Gasteiger partial charge in [-0.25, -0.2) is 9.97 Å². The van der Waals surface area contributed by atoms with Gasteiger partial charge >= 0.3 is 0 Å². The molecule has 0 bridgehead atoms. The van der Waals surface area contributed by atoms with Crippen molar-refractivity contribution >= 4 is 24.1 Å². The minimum atomic E-state index is -0.455. The summed E-state index contributed by atoms with van der Waals surface area (Å²) in [6.45, 7) is 4.03. The molecule has 150 valence electrons. The van der Waals surface area contributed by atoms with Crippen LogP contribution in [0.3, 0.4) is 0 Å². The minimum Gasteiger partial charge on any atom is -0.366 e. The molecule has 0 radical (unpaired) electrons. The molecule has 0 aliphatic carbocycles. The lowest BCUT2D eigenvalue weighted by Gasteiger charge is -2.20. The van der Waals surface area contributed by atoms with Crippen LogP contribution in [-0.2, 0) is 19.5 Å². The maximum atomic E-state index is 11.3. The smallest absolute Gasteiger partial charge is 0.248 e. The predicted octanol–water partition coefficient (Wildman–Crippen LogP) is 2.02. The van der Waals surface area contributed by atoms with E-state index in [9.17, 15) is 4.79 Å². The summed E-state index contributed by atoms with van der Waals surface area (Å²) >= 11 is 0. The zero-order chi connectivity index (χ0) is 19.5. The number of rotatable bonds is 5. The molecule has 9 heteroatoms. The molecule has 1 amide bonds. The third-order valence-electron chi connectivity index (χ3n) is 4.64. The number of nitrogens with two attached hydrogens (primary N) is 1. The lowest BCUT2D eigenvalue weighted by molar-refractivity contribution is 0.100. The Morgan fingerprint density at radius 2 is 1.97 bits per heavy atom. The fraction of sp³-hybridized carbons (Fsp3) is 0.250. The van der Waals surface area contributed by atoms with Crippen molar-refractivity contribution in [2.24, 2.45) is 5.73 Å². The first-order valence-corrected chi connectivity index (χ1v) is 9.12. The Bertz CT molecular complexity index is 1010. The lowest BCUT2D eigenvalue weighted by atomic mass is 10.1. The Morgan fingerprint density at radius 1 is 1.17 bits per heavy atom. The Kier molecular flexibility index (Phi) is 6.36. The van der Waals surface area contributed by atoms with Crippen molar-refractivity contribution in [3.05, 3.63) is 64.9 Å². The third-order valence-corrected chi connectivity index (χ3v) is 4.64. The summed E-state index contributed by atoms with van der Waals surface area (Å²) < 4.78 is 0. The van der Waals surface area contributed by atoms with Gasteiger partial charge in [0.15, 0.2) is 5.82 Å². The Hall–Kier alpha value is -3.10. The fourth-order valence-corrected chi connectivity index (χ4v) is 3.10. The number of fused-ring (bicyclic) bond motifs is 1. The highest BCUT2D eigenvalue weighted by Crippen LogP contribution is 2.25. The van der Waals surface area contributed by atoms with Crippen molar-refractivity contribution in [2.75, 3.05) is 11.9 Å². The van der Waals surface area contributed by atoms with E-state index in [2.05, 4.69) is 20.6 Å². The van der Waals surface area contributed by atoms with Gasteiger partial charge in [0, 0.05) is 29.4 Å². The average Bonchev–Trinajstić information content (AvgIpc) is 2.73. The molecule has 0 unspecified atom stereocenters. The average molecular weight is 412 g/mol. The summed E-state index contributed by atoms with van der Waals surface area (Å²) in [5.41, 5.74) is 10.4. The summed E-state index contributed by atoms with van der Waals surface area (Å²) in [6.07, 6.45) is 4.38. The SMILES string of the molecule is Cc1cnc(CNc2nc(-c3ccc(C(N)=O)cc3)nc3c2CCNC3)cn1.Cl. The summed E-state index contributed by atoms with van der Waals surface area (Å²) in [6, 6.07) is 7.00. The zero-order valence-electron chi connectivity index (χ0n) is 16.0. The Balaban J connectivity index is 0.00000240. The predicted molar refractivity (Wildman–Crippen MR) is 113 cm³/mol. The van der Waals surface area contributed by atoms with Crippen LogP contribution in [0.2, 0.25) is 0 Å². The number of aromatic nitrogens is 4. The van der Waals surface area contributed by atoms with E-state index in [1.807, 2.05) is 19.1 Å². The first kappa shape index (κ1) is 20.6. The van der Waals surface area contributed by atoms with E-state index in [1.54, 1.807) is 24.5 Å². The van der Waals surface area contributed by atoms with E-state index in [1.165, 1.54) is 0 Å². The van der Waals surface area contributed by atoms with Crippen molar-refractivity contribution in [3.8, 4) is 11.4 Å². The van der Waals surface area contributed by atoms with E-state index in [0.717, 1.165) is 47.0 Å². The quantitative estimate of drug-likeness (QED) is 0.587. The number of benzene rings is 1. The molecule has 0 fully saturated rings. The van der Waals surface area contributed by atoms with Crippen LogP contribution in [0, 0.1) is 6.92 Å². The topological polar surface area (TPSA) is 119 Å². The molecule has 29 heavy (non-hydrogen) atoms. The van der Waals surface area contributed by atoms with Crippen LogP contribution in [0.4, 0.5) is 5.82 Å². The van der Waals surface area contributed by atoms with Gasteiger partial charge in [-0.2, -0.15) is 0 Å². The second-order valence-corrected chi connectivity index (χ2v) is 6.69. The molecule has 3 aromatic rings. The minimum absolute atomic E-state index is 0. The van der Waals surface area contributed by atoms with E-state index in [0.29, 0.717) is 24.5 Å². The van der Waals surface area contributed by atoms with E-state index in [-0.39, 0.29) is 12.4 Å². The molecule has 1 aliphatic heterocycles. The Morgan fingerprint density at radius 3 is 2.66 bits per heavy atom. The number of hydrogen-bond donors (Lipinski definition) is 3. The first-order chi connectivity index (χ1) is 13.6. The molecule has 0 saturated heterocycles. The number of amides is 1. The standard InChI is InChI=1S/C20H21N7O.ClH/c1-12-8-24-15(9-23-12)10-25-20-16-6-7-22-11-17(16)26-19(27-20)14-4-2-13(3-5-14)18(21)28;/h2-5,8-9,22H,6-7,10-11H2,1H3,(H2,21,28)(H,25,26,27);1H. The van der Waals surface area contributed by atoms with Crippen LogP contribution in [0.15, 0.2) is 36.7 Å². The van der Waals surface area contributed by atoms with Crippen molar-refractivity contribution in [1.82, 2.24) is 25.3 Å². The number of halogens is 1. The van der Waals surface area contributed by atoms with Crippen LogP contribution < -0.4 is 16.4 Å². The summed E-state index contributed by atoms with van der Waals surface area (Å²) in [4.78, 5) is 29.4. The molecule has 0 spiro atoms. The summed E-state index contributed by atoms with van der Waals surface area (Å²) in [5.74, 6) is 0.961. The van der Waals surface area contributed by atoms with Crippen molar-refractivity contribution in [2.45, 2.75) is 26.4 Å². The van der Waals surface area contributed by atoms with Crippen LogP contribution in [0.1, 0.15) is 33.0 Å². The Labute approximate surface area is 174 Å². The molecule has 2 aromatic heterocycles. The molecule has 1 aliphatic rings. The van der Waals surface area contributed by atoms with Crippen molar-refractivity contribution in [3.63, 3.8) is 0 Å². The molecule has 1 aromatic carbocycles. The van der Waals surface area contributed by atoms with Gasteiger partial charge < -0.3 is 16.4 Å². The summed E-state index contributed by atoms with van der Waals surface area (Å²) in [5, 5.41) is 6.74. The molecule has 0 saturated carbocycles. The van der Waals surface area contributed by atoms with Crippen LogP contribution >= 0.6 is 12.4 Å². The highest BCUT2D eigenvalue weighted by molar-refractivity contribution is 5.93. The van der Waals surface area contributed by atoms with Gasteiger partial charge in [-0.1, -0.05) is 12.1 Å². The van der Waals surface area contributed by atoms with Gasteiger partial charge in [-0.05, 0) is 32.0 Å². The third kappa shape index (κ3) is 4.67. The molecule has 0 atom stereocenters. The van der Waals surface area contributed by atoms with Crippen molar-refractivity contribution < 1.29 is 4.79 Å². The van der Waals surface area contributed by atoms with Gasteiger partial charge in [0.2, 0.25) is 5.91 Å². The molecular formula is C20H22ClN7O. The van der Waals surface area contributed by atoms with E-state index in [4.69, 9.17) is 15.7 Å². The zero-order valence-corrected chi connectivity index (χ0v) is 16.8. The highest BCUT2D eigenvalue weighted by atomic mass is 35.5. The molecule has 4 rings (SSSR count). The maximum Gasteiger partial charge on any atom is 0.248 e. The number of anilines is 1. The van der Waals surface area contributed by atoms with Gasteiger partial charge in [-0.15, -0.1) is 12.4 Å². The number of nitrogens with zero attached hydrogens (tertiary/aromatic N) is 4. The number of carbonyl (C=O) groups is 1. The number of carbonyl (C=O) groups excluding carboxylic acids is 1. The van der Waals surface area contributed by atoms with E-state index < -0.39 is 5.91 Å². The number of primary amides is 1. The van der Waals surface area contributed by atoms with Gasteiger partial charge in [0.25, 0.3) is 0 Å². The monoisotopic (exact) mass is 411 g/mol. The summed E-state index contributed by atoms with van der Waals surface area (Å²) in [7, 11) is 0. The fourth-order valence-electron chi connectivity index (χ4n) is 3.10. The van der Waals surface area contributed by atoms with Gasteiger partial charge in [0.05, 0.1) is 29.8 Å². The molecular weight excluding hydrogens is 390 g/mol. The normalized spacial score (nSPS) is 12.6. The number of aryl methyl sites for hydroxylation is 1. The van der Waals surface area contributed by atoms with Gasteiger partial charge in [0.1, 0.15) is 5.82 Å². The second kappa shape index (κ2) is 8.93. The van der Waals surface area contributed by atoms with Crippen LogP contribution in [0.5, 0.6) is 0 Å². The highest BCUT2D eigenvalue weighted by Gasteiger charge is 2.18. The molecule has 3 heterocycles. The largest absolute Gasteiger partial charge is 0.366 e. The van der Waals surface area contributed by atoms with Crippen LogP contribution in [-0.4, -0.2) is 32.4 Å². The maximum absolute atomic E-state index is 11.3. The molecule has 4 N–H and O–H groups in total.